The number of nitriles is 1. The van der Waals surface area contributed by atoms with Gasteiger partial charge in [-0.05, 0) is 31.4 Å². The number of urea groups is 1. The first-order chi connectivity index (χ1) is 10.6. The number of nitrogens with one attached hydrogen (secondary N) is 1. The highest BCUT2D eigenvalue weighted by molar-refractivity contribution is 7.12. The molecule has 2 atom stereocenters. The number of methoxy groups -OCH3 is 1. The Morgan fingerprint density at radius 3 is 2.91 bits per heavy atom. The number of carbonyl (C=O) groups excluding carboxylic acids is 1. The van der Waals surface area contributed by atoms with Gasteiger partial charge in [0.15, 0.2) is 0 Å². The quantitative estimate of drug-likeness (QED) is 0.928. The molecule has 2 aliphatic carbocycles. The molecule has 1 N–H and O–H groups in total. The highest BCUT2D eigenvalue weighted by atomic mass is 32.1. The van der Waals surface area contributed by atoms with Gasteiger partial charge in [0.05, 0.1) is 12.6 Å². The van der Waals surface area contributed by atoms with Crippen LogP contribution in [0, 0.1) is 16.7 Å². The smallest absolute Gasteiger partial charge is 0.317 e. The maximum absolute atomic E-state index is 12.4. The second-order valence-corrected chi connectivity index (χ2v) is 7.38. The molecule has 6 heteroatoms. The minimum absolute atomic E-state index is 0.0438. The van der Waals surface area contributed by atoms with Crippen molar-refractivity contribution >= 4 is 17.4 Å². The van der Waals surface area contributed by atoms with E-state index >= 15 is 0 Å². The number of carbonyl (C=O) groups is 1. The molecule has 0 bridgehead atoms. The zero-order valence-electron chi connectivity index (χ0n) is 13.0. The molecule has 1 heterocycles. The number of hydrogen-bond acceptors (Lipinski definition) is 4. The van der Waals surface area contributed by atoms with E-state index in [1.54, 1.807) is 13.2 Å². The van der Waals surface area contributed by atoms with E-state index in [0.717, 1.165) is 24.1 Å². The zero-order valence-corrected chi connectivity index (χ0v) is 13.8. The van der Waals surface area contributed by atoms with Crippen LogP contribution in [0.25, 0.3) is 0 Å². The predicted octanol–water partition coefficient (Wildman–Crippen LogP) is 2.72. The van der Waals surface area contributed by atoms with Crippen molar-refractivity contribution in [1.82, 2.24) is 10.2 Å². The number of hydrogen-bond donors (Lipinski definition) is 1. The molecule has 22 heavy (non-hydrogen) atoms. The van der Waals surface area contributed by atoms with Gasteiger partial charge in [-0.1, -0.05) is 6.42 Å². The fourth-order valence-corrected chi connectivity index (χ4v) is 4.55. The van der Waals surface area contributed by atoms with Gasteiger partial charge in [0.2, 0.25) is 0 Å². The summed E-state index contributed by atoms with van der Waals surface area (Å²) < 4.78 is 5.56. The Balaban J connectivity index is 1.55. The zero-order chi connectivity index (χ0) is 15.7. The summed E-state index contributed by atoms with van der Waals surface area (Å²) >= 11 is 1.42. The van der Waals surface area contributed by atoms with Gasteiger partial charge in [-0.15, -0.1) is 11.3 Å². The third-order valence-electron chi connectivity index (χ3n) is 5.28. The predicted molar refractivity (Wildman–Crippen MR) is 84.5 cm³/mol. The molecule has 2 aliphatic rings. The van der Waals surface area contributed by atoms with Crippen molar-refractivity contribution in [2.75, 3.05) is 14.2 Å². The Hall–Kier alpha value is -1.58. The molecule has 3 rings (SSSR count). The third-order valence-corrected chi connectivity index (χ3v) is 6.27. The topological polar surface area (TPSA) is 65.4 Å². The minimum Gasteiger partial charge on any atom is -0.381 e. The van der Waals surface area contributed by atoms with E-state index in [1.165, 1.54) is 17.8 Å². The van der Waals surface area contributed by atoms with Crippen LogP contribution in [0.15, 0.2) is 12.1 Å². The van der Waals surface area contributed by atoms with Crippen LogP contribution in [0.2, 0.25) is 0 Å². The van der Waals surface area contributed by atoms with Crippen molar-refractivity contribution in [3.8, 4) is 6.07 Å². The van der Waals surface area contributed by atoms with Crippen molar-refractivity contribution in [2.24, 2.45) is 5.41 Å². The van der Waals surface area contributed by atoms with Gasteiger partial charge in [-0.25, -0.2) is 4.79 Å². The first-order valence-electron chi connectivity index (χ1n) is 7.63. The van der Waals surface area contributed by atoms with E-state index in [0.29, 0.717) is 17.5 Å². The second-order valence-electron chi connectivity index (χ2n) is 6.21. The Kier molecular flexibility index (Phi) is 4.11. The molecular weight excluding hydrogens is 298 g/mol. The Labute approximate surface area is 134 Å². The van der Waals surface area contributed by atoms with E-state index < -0.39 is 0 Å². The van der Waals surface area contributed by atoms with E-state index in [-0.39, 0.29) is 17.5 Å². The summed E-state index contributed by atoms with van der Waals surface area (Å²) in [4.78, 5) is 15.9. The number of amides is 2. The van der Waals surface area contributed by atoms with Gasteiger partial charge in [0.25, 0.3) is 0 Å². The summed E-state index contributed by atoms with van der Waals surface area (Å²) in [6, 6.07) is 6.03. The van der Waals surface area contributed by atoms with Crippen molar-refractivity contribution in [1.29, 1.82) is 5.26 Å². The van der Waals surface area contributed by atoms with Crippen LogP contribution in [-0.2, 0) is 11.3 Å². The van der Waals surface area contributed by atoms with E-state index in [1.807, 2.05) is 18.0 Å². The standard InChI is InChI=1S/C16H21N3O2S/c1-19(13-8-14(21-2)16(13)6-3-7-16)15(20)18-10-12-5-4-11(9-17)22-12/h4-5,13-14H,3,6-8,10H2,1-2H3,(H,18,20)/t13-,14+/m1/s1. The molecule has 0 aromatic carbocycles. The normalized spacial score (nSPS) is 25.0. The van der Waals surface area contributed by atoms with Crippen LogP contribution >= 0.6 is 11.3 Å². The molecule has 0 aliphatic heterocycles. The summed E-state index contributed by atoms with van der Waals surface area (Å²) in [5.74, 6) is 0. The number of ether oxygens (including phenoxy) is 1. The Morgan fingerprint density at radius 2 is 2.36 bits per heavy atom. The van der Waals surface area contributed by atoms with Gasteiger partial charge in [-0.2, -0.15) is 5.26 Å². The first kappa shape index (κ1) is 15.3. The molecule has 5 nitrogen and oxygen atoms in total. The van der Waals surface area contributed by atoms with Crippen molar-refractivity contribution in [2.45, 2.75) is 44.4 Å². The SMILES string of the molecule is CO[C@H]1C[C@@H](N(C)C(=O)NCc2ccc(C#N)s2)C12CCC2. The maximum atomic E-state index is 12.4. The number of rotatable bonds is 4. The summed E-state index contributed by atoms with van der Waals surface area (Å²) in [5, 5.41) is 11.8. The van der Waals surface area contributed by atoms with Gasteiger partial charge in [-0.3, -0.25) is 0 Å². The van der Waals surface area contributed by atoms with Gasteiger partial charge >= 0.3 is 6.03 Å². The second kappa shape index (κ2) is 5.90. The van der Waals surface area contributed by atoms with Crippen molar-refractivity contribution in [3.05, 3.63) is 21.9 Å². The van der Waals surface area contributed by atoms with Crippen molar-refractivity contribution < 1.29 is 9.53 Å². The lowest BCUT2D eigenvalue weighted by Crippen LogP contribution is -2.68. The molecule has 2 amide bonds. The van der Waals surface area contributed by atoms with E-state index in [2.05, 4.69) is 11.4 Å². The van der Waals surface area contributed by atoms with Crippen LogP contribution in [-0.4, -0.2) is 37.2 Å². The average Bonchev–Trinajstić information content (AvgIpc) is 2.90. The summed E-state index contributed by atoms with van der Waals surface area (Å²) in [6.45, 7) is 0.475. The molecule has 2 fully saturated rings. The molecule has 0 unspecified atom stereocenters. The van der Waals surface area contributed by atoms with E-state index in [4.69, 9.17) is 10.00 Å². The fraction of sp³-hybridized carbons (Fsp3) is 0.625. The van der Waals surface area contributed by atoms with Gasteiger partial charge in [0.1, 0.15) is 10.9 Å². The lowest BCUT2D eigenvalue weighted by molar-refractivity contribution is -0.182. The fourth-order valence-electron chi connectivity index (χ4n) is 3.80. The highest BCUT2D eigenvalue weighted by Crippen LogP contribution is 2.58. The van der Waals surface area contributed by atoms with Crippen LogP contribution in [0.3, 0.4) is 0 Å². The molecular formula is C16H21N3O2S. The van der Waals surface area contributed by atoms with Gasteiger partial charge in [0, 0.05) is 30.5 Å². The van der Waals surface area contributed by atoms with Crippen LogP contribution < -0.4 is 5.32 Å². The highest BCUT2D eigenvalue weighted by Gasteiger charge is 2.60. The molecule has 1 aromatic rings. The Bertz CT molecular complexity index is 603. The monoisotopic (exact) mass is 319 g/mol. The van der Waals surface area contributed by atoms with Crippen LogP contribution in [0.1, 0.15) is 35.4 Å². The minimum atomic E-state index is -0.0438. The lowest BCUT2D eigenvalue weighted by atomic mass is 9.50. The van der Waals surface area contributed by atoms with Crippen molar-refractivity contribution in [3.63, 3.8) is 0 Å². The molecule has 0 radical (unpaired) electrons. The maximum Gasteiger partial charge on any atom is 0.317 e. The summed E-state index contributed by atoms with van der Waals surface area (Å²) in [5.41, 5.74) is 0.192. The third kappa shape index (κ3) is 2.38. The van der Waals surface area contributed by atoms with Crippen LogP contribution in [0.4, 0.5) is 4.79 Å². The lowest BCUT2D eigenvalue weighted by Gasteiger charge is -2.62. The Morgan fingerprint density at radius 1 is 1.59 bits per heavy atom. The summed E-state index contributed by atoms with van der Waals surface area (Å²) in [7, 11) is 3.64. The first-order valence-corrected chi connectivity index (χ1v) is 8.44. The summed E-state index contributed by atoms with van der Waals surface area (Å²) in [6.07, 6.45) is 4.78. The molecule has 1 spiro atoms. The number of thiophene rings is 1. The number of nitrogens with zero attached hydrogens (tertiary/aromatic N) is 2. The molecule has 2 saturated carbocycles. The largest absolute Gasteiger partial charge is 0.381 e. The molecule has 118 valence electrons. The molecule has 1 aromatic heterocycles. The van der Waals surface area contributed by atoms with Crippen LogP contribution in [0.5, 0.6) is 0 Å². The van der Waals surface area contributed by atoms with E-state index in [9.17, 15) is 4.79 Å². The molecule has 0 saturated heterocycles. The average molecular weight is 319 g/mol. The van der Waals surface area contributed by atoms with Gasteiger partial charge < -0.3 is 15.0 Å².